The Kier molecular flexibility index (Phi) is 5.83. The van der Waals surface area contributed by atoms with Crippen LogP contribution in [0, 0.1) is 0 Å². The van der Waals surface area contributed by atoms with Crippen molar-refractivity contribution in [1.29, 1.82) is 0 Å². The third-order valence-electron chi connectivity index (χ3n) is 4.86. The minimum absolute atomic E-state index is 0.386. The first kappa shape index (κ1) is 19.5. The van der Waals surface area contributed by atoms with Gasteiger partial charge in [0.25, 0.3) is 0 Å². The molecule has 0 spiro atoms. The third kappa shape index (κ3) is 4.13. The van der Waals surface area contributed by atoms with Gasteiger partial charge in [-0.1, -0.05) is 36.0 Å². The average Bonchev–Trinajstić information content (AvgIpc) is 2.77. The number of rotatable bonds is 7. The Balaban J connectivity index is 1.51. The molecule has 3 aromatic rings. The monoisotopic (exact) mass is 408 g/mol. The van der Waals surface area contributed by atoms with Crippen molar-refractivity contribution in [2.45, 2.75) is 15.9 Å². The molecule has 0 saturated carbocycles. The maximum absolute atomic E-state index is 10.8. The summed E-state index contributed by atoms with van der Waals surface area (Å²) in [4.78, 5) is 4.58. The summed E-state index contributed by atoms with van der Waals surface area (Å²) >= 11 is 1.76. The summed E-state index contributed by atoms with van der Waals surface area (Å²) in [6.07, 6.45) is -0.588. The maximum Gasteiger partial charge on any atom is 0.142 e. The summed E-state index contributed by atoms with van der Waals surface area (Å²) < 4.78 is 10.7. The molecule has 150 valence electrons. The van der Waals surface area contributed by atoms with Gasteiger partial charge in [0.1, 0.15) is 11.5 Å². The van der Waals surface area contributed by atoms with E-state index in [1.807, 2.05) is 42.5 Å². The van der Waals surface area contributed by atoms with Crippen molar-refractivity contribution in [3.8, 4) is 11.5 Å². The van der Waals surface area contributed by atoms with E-state index in [1.165, 1.54) is 9.79 Å². The molecule has 0 bridgehead atoms. The van der Waals surface area contributed by atoms with Crippen molar-refractivity contribution < 1.29 is 14.6 Å². The van der Waals surface area contributed by atoms with Gasteiger partial charge in [-0.25, -0.2) is 0 Å². The van der Waals surface area contributed by atoms with Crippen molar-refractivity contribution in [2.75, 3.05) is 37.5 Å². The highest BCUT2D eigenvalue weighted by Crippen LogP contribution is 2.47. The lowest BCUT2D eigenvalue weighted by atomic mass is 10.2. The van der Waals surface area contributed by atoms with Crippen LogP contribution in [0.5, 0.6) is 11.5 Å². The number of hydrogen-bond donors (Lipinski definition) is 2. The van der Waals surface area contributed by atoms with Crippen molar-refractivity contribution in [2.24, 2.45) is 0 Å². The van der Waals surface area contributed by atoms with Crippen LogP contribution in [0.4, 0.5) is 17.1 Å². The van der Waals surface area contributed by atoms with Crippen LogP contribution in [0.25, 0.3) is 0 Å². The lowest BCUT2D eigenvalue weighted by Gasteiger charge is -2.34. The van der Waals surface area contributed by atoms with E-state index in [0.29, 0.717) is 18.8 Å². The third-order valence-corrected chi connectivity index (χ3v) is 5.99. The summed E-state index contributed by atoms with van der Waals surface area (Å²) in [6, 6.07) is 22.2. The van der Waals surface area contributed by atoms with Crippen LogP contribution < -0.4 is 19.7 Å². The van der Waals surface area contributed by atoms with E-state index in [0.717, 1.165) is 22.8 Å². The highest BCUT2D eigenvalue weighted by Gasteiger charge is 2.24. The number of benzene rings is 3. The molecule has 2 N–H and O–H groups in total. The van der Waals surface area contributed by atoms with Crippen LogP contribution in [-0.2, 0) is 0 Å². The second-order valence-electron chi connectivity index (χ2n) is 6.75. The van der Waals surface area contributed by atoms with E-state index in [1.54, 1.807) is 26.0 Å². The van der Waals surface area contributed by atoms with Crippen molar-refractivity contribution in [1.82, 2.24) is 0 Å². The number of aliphatic hydroxyl groups excluding tert-OH is 1. The standard InChI is InChI=1S/C23H24N2O3S/c1-27-17-11-12-21(28-2)18(13-17)24-14-16(26)15-25-19-7-3-5-9-22(19)29-23-10-6-4-8-20(23)25/h3-13,16,24,26H,14-15H2,1-2H3. The minimum atomic E-state index is -0.588. The van der Waals surface area contributed by atoms with Gasteiger partial charge in [0, 0.05) is 22.4 Å². The number of methoxy groups -OCH3 is 2. The van der Waals surface area contributed by atoms with Crippen molar-refractivity contribution >= 4 is 28.8 Å². The molecule has 0 fully saturated rings. The predicted molar refractivity (Wildman–Crippen MR) is 118 cm³/mol. The van der Waals surface area contributed by atoms with E-state index in [2.05, 4.69) is 34.5 Å². The van der Waals surface area contributed by atoms with Crippen LogP contribution in [-0.4, -0.2) is 38.5 Å². The highest BCUT2D eigenvalue weighted by atomic mass is 32.2. The smallest absolute Gasteiger partial charge is 0.142 e. The van der Waals surface area contributed by atoms with E-state index in [4.69, 9.17) is 9.47 Å². The first-order valence-electron chi connectivity index (χ1n) is 9.47. The van der Waals surface area contributed by atoms with Crippen molar-refractivity contribution in [3.63, 3.8) is 0 Å². The molecule has 0 aromatic heterocycles. The summed E-state index contributed by atoms with van der Waals surface area (Å²) in [5.41, 5.74) is 3.03. The normalized spacial score (nSPS) is 13.3. The fourth-order valence-electron chi connectivity index (χ4n) is 3.43. The van der Waals surface area contributed by atoms with Gasteiger partial charge < -0.3 is 24.8 Å². The molecule has 3 aromatic carbocycles. The minimum Gasteiger partial charge on any atom is -0.497 e. The summed E-state index contributed by atoms with van der Waals surface area (Å²) in [5.74, 6) is 1.45. The lowest BCUT2D eigenvalue weighted by Crippen LogP contribution is -2.34. The van der Waals surface area contributed by atoms with Crippen LogP contribution >= 0.6 is 11.8 Å². The van der Waals surface area contributed by atoms with Gasteiger partial charge >= 0.3 is 0 Å². The summed E-state index contributed by atoms with van der Waals surface area (Å²) in [6.45, 7) is 0.866. The van der Waals surface area contributed by atoms with Gasteiger partial charge in [0.15, 0.2) is 0 Å². The molecule has 29 heavy (non-hydrogen) atoms. The number of nitrogens with zero attached hydrogens (tertiary/aromatic N) is 1. The highest BCUT2D eigenvalue weighted by molar-refractivity contribution is 7.99. The SMILES string of the molecule is COc1ccc(OC)c(NCC(O)CN2c3ccccc3Sc3ccccc32)c1. The number of aliphatic hydroxyl groups is 1. The van der Waals surface area contributed by atoms with E-state index in [-0.39, 0.29) is 0 Å². The van der Waals surface area contributed by atoms with Crippen LogP contribution in [0.15, 0.2) is 76.5 Å². The fourth-order valence-corrected chi connectivity index (χ4v) is 4.53. The Morgan fingerprint density at radius 3 is 2.21 bits per heavy atom. The number of hydrogen-bond acceptors (Lipinski definition) is 6. The first-order valence-corrected chi connectivity index (χ1v) is 10.3. The maximum atomic E-state index is 10.8. The Bertz CT molecular complexity index is 950. The molecule has 0 aliphatic carbocycles. The topological polar surface area (TPSA) is 54.0 Å². The molecular formula is C23H24N2O3S. The van der Waals surface area contributed by atoms with E-state index < -0.39 is 6.10 Å². The molecule has 1 atom stereocenters. The van der Waals surface area contributed by atoms with Gasteiger partial charge in [0.05, 0.1) is 43.9 Å². The predicted octanol–water partition coefficient (Wildman–Crippen LogP) is 4.78. The van der Waals surface area contributed by atoms with Crippen LogP contribution in [0.3, 0.4) is 0 Å². The fraction of sp³-hybridized carbons (Fsp3) is 0.217. The molecule has 1 unspecified atom stereocenters. The van der Waals surface area contributed by atoms with Gasteiger partial charge in [-0.3, -0.25) is 0 Å². The zero-order valence-corrected chi connectivity index (χ0v) is 17.3. The Labute approximate surface area is 175 Å². The van der Waals surface area contributed by atoms with Crippen LogP contribution in [0.2, 0.25) is 0 Å². The second kappa shape index (κ2) is 8.68. The zero-order valence-electron chi connectivity index (χ0n) is 16.5. The van der Waals surface area contributed by atoms with Gasteiger partial charge in [-0.05, 0) is 36.4 Å². The zero-order chi connectivity index (χ0) is 20.2. The second-order valence-corrected chi connectivity index (χ2v) is 7.83. The molecule has 5 nitrogen and oxygen atoms in total. The molecule has 1 heterocycles. The number of anilines is 3. The van der Waals surface area contributed by atoms with E-state index >= 15 is 0 Å². The Morgan fingerprint density at radius 1 is 0.931 bits per heavy atom. The van der Waals surface area contributed by atoms with Crippen molar-refractivity contribution in [3.05, 3.63) is 66.7 Å². The number of β-amino-alcohol motifs (C(OH)–C–C–N with tert-alkyl or cyclic N) is 1. The number of ether oxygens (including phenoxy) is 2. The molecule has 0 radical (unpaired) electrons. The summed E-state index contributed by atoms with van der Waals surface area (Å²) in [7, 11) is 3.26. The molecule has 6 heteroatoms. The first-order chi connectivity index (χ1) is 14.2. The van der Waals surface area contributed by atoms with Gasteiger partial charge in [0.2, 0.25) is 0 Å². The quantitative estimate of drug-likeness (QED) is 0.587. The molecular weight excluding hydrogens is 384 g/mol. The Hall–Kier alpha value is -2.83. The van der Waals surface area contributed by atoms with Gasteiger partial charge in [-0.15, -0.1) is 0 Å². The Morgan fingerprint density at radius 2 is 1.59 bits per heavy atom. The number of para-hydroxylation sites is 2. The lowest BCUT2D eigenvalue weighted by molar-refractivity contribution is 0.195. The number of fused-ring (bicyclic) bond motifs is 2. The molecule has 0 amide bonds. The van der Waals surface area contributed by atoms with Gasteiger partial charge in [-0.2, -0.15) is 0 Å². The molecule has 1 aliphatic rings. The largest absolute Gasteiger partial charge is 0.497 e. The van der Waals surface area contributed by atoms with E-state index in [9.17, 15) is 5.11 Å². The average molecular weight is 409 g/mol. The van der Waals surface area contributed by atoms with Crippen LogP contribution in [0.1, 0.15) is 0 Å². The molecule has 1 aliphatic heterocycles. The summed E-state index contributed by atoms with van der Waals surface area (Å²) in [5, 5.41) is 14.1. The molecule has 4 rings (SSSR count). The molecule has 0 saturated heterocycles. The number of nitrogens with one attached hydrogen (secondary N) is 1.